The van der Waals surface area contributed by atoms with Crippen LogP contribution in [-0.2, 0) is 11.3 Å². The number of amides is 1. The van der Waals surface area contributed by atoms with Crippen molar-refractivity contribution < 1.29 is 4.79 Å². The van der Waals surface area contributed by atoms with Gasteiger partial charge in [-0.3, -0.25) is 14.2 Å². The van der Waals surface area contributed by atoms with Crippen LogP contribution in [0.15, 0.2) is 90.4 Å². The van der Waals surface area contributed by atoms with Crippen molar-refractivity contribution >= 4 is 45.6 Å². The van der Waals surface area contributed by atoms with Crippen LogP contribution in [0.1, 0.15) is 5.56 Å². The van der Waals surface area contributed by atoms with Gasteiger partial charge in [-0.25, -0.2) is 19.9 Å². The first-order valence-electron chi connectivity index (χ1n) is 11.2. The third kappa shape index (κ3) is 5.33. The van der Waals surface area contributed by atoms with Gasteiger partial charge < -0.3 is 16.0 Å². The Morgan fingerprint density at radius 1 is 0.833 bits per heavy atom. The maximum absolute atomic E-state index is 12.6. The average molecular weight is 479 g/mol. The zero-order valence-corrected chi connectivity index (χ0v) is 19.3. The van der Waals surface area contributed by atoms with Crippen molar-refractivity contribution in [3.63, 3.8) is 0 Å². The number of carbonyl (C=O) groups is 1. The van der Waals surface area contributed by atoms with Crippen molar-refractivity contribution in [2.45, 2.75) is 13.5 Å². The van der Waals surface area contributed by atoms with Gasteiger partial charge in [0.05, 0.1) is 17.2 Å². The summed E-state index contributed by atoms with van der Waals surface area (Å²) in [6.07, 6.45) is 4.57. The fraction of sp³-hybridized carbons (Fsp3) is 0.0769. The second-order valence-corrected chi connectivity index (χ2v) is 8.08. The summed E-state index contributed by atoms with van der Waals surface area (Å²) in [5.74, 6) is 1.57. The lowest BCUT2D eigenvalue weighted by atomic mass is 10.2. The summed E-state index contributed by atoms with van der Waals surface area (Å²) in [5, 5.41) is 9.64. The summed E-state index contributed by atoms with van der Waals surface area (Å²) < 4.78 is 1.29. The van der Waals surface area contributed by atoms with Crippen LogP contribution in [-0.4, -0.2) is 30.4 Å². The molecule has 178 valence electrons. The van der Waals surface area contributed by atoms with Gasteiger partial charge in [-0.05, 0) is 61.0 Å². The molecule has 5 rings (SSSR count). The fourth-order valence-corrected chi connectivity index (χ4v) is 3.59. The van der Waals surface area contributed by atoms with Crippen LogP contribution in [0.3, 0.4) is 0 Å². The summed E-state index contributed by atoms with van der Waals surface area (Å²) >= 11 is 0. The third-order valence-electron chi connectivity index (χ3n) is 5.33. The summed E-state index contributed by atoms with van der Waals surface area (Å²) in [4.78, 5) is 42.1. The van der Waals surface area contributed by atoms with E-state index in [1.807, 2.05) is 37.3 Å². The molecule has 2 aromatic carbocycles. The number of aryl methyl sites for hydroxylation is 1. The summed E-state index contributed by atoms with van der Waals surface area (Å²) in [6, 6.07) is 19.8. The maximum Gasteiger partial charge on any atom is 0.261 e. The summed E-state index contributed by atoms with van der Waals surface area (Å²) in [5.41, 5.74) is 2.81. The van der Waals surface area contributed by atoms with Gasteiger partial charge in [-0.1, -0.05) is 12.1 Å². The lowest BCUT2D eigenvalue weighted by Gasteiger charge is -2.10. The van der Waals surface area contributed by atoms with Crippen molar-refractivity contribution in [3.8, 4) is 0 Å². The van der Waals surface area contributed by atoms with Crippen LogP contribution >= 0.6 is 0 Å². The number of carbonyl (C=O) groups excluding carboxylic acids is 1. The first kappa shape index (κ1) is 22.7. The molecule has 0 radical (unpaired) electrons. The molecule has 3 heterocycles. The van der Waals surface area contributed by atoms with E-state index in [-0.39, 0.29) is 18.0 Å². The van der Waals surface area contributed by atoms with Gasteiger partial charge in [-0.2, -0.15) is 0 Å². The molecule has 0 unspecified atom stereocenters. The maximum atomic E-state index is 12.6. The predicted octanol–water partition coefficient (Wildman–Crippen LogP) is 4.02. The Morgan fingerprint density at radius 2 is 1.56 bits per heavy atom. The van der Waals surface area contributed by atoms with Crippen molar-refractivity contribution in [2.24, 2.45) is 0 Å². The molecule has 0 aliphatic heterocycles. The Hall–Kier alpha value is -5.12. The number of hydrogen-bond acceptors (Lipinski definition) is 8. The Balaban J connectivity index is 1.21. The minimum atomic E-state index is -0.328. The zero-order valence-electron chi connectivity index (χ0n) is 19.3. The van der Waals surface area contributed by atoms with Gasteiger partial charge in [0.1, 0.15) is 30.3 Å². The number of aromatic nitrogens is 5. The number of benzene rings is 2. The second kappa shape index (κ2) is 10.0. The Morgan fingerprint density at radius 3 is 2.36 bits per heavy atom. The number of anilines is 5. The molecule has 36 heavy (non-hydrogen) atoms. The highest BCUT2D eigenvalue weighted by Crippen LogP contribution is 2.20. The second-order valence-electron chi connectivity index (χ2n) is 8.08. The standard InChI is InChI=1S/C26H22N8O2/c1-17-10-11-27-22(12-17)33-24-13-23(28-15-29-24)31-18-6-8-19(9-7-18)32-25(35)14-34-16-30-21-5-3-2-4-20(21)26(34)36/h2-13,15-16H,14H2,1H3,(H,32,35)(H2,27,28,29,31,33). The van der Waals surface area contributed by atoms with Crippen LogP contribution < -0.4 is 21.5 Å². The van der Waals surface area contributed by atoms with E-state index in [4.69, 9.17) is 0 Å². The van der Waals surface area contributed by atoms with Crippen LogP contribution in [0.25, 0.3) is 10.9 Å². The number of nitrogens with zero attached hydrogens (tertiary/aromatic N) is 5. The molecule has 1 amide bonds. The molecule has 0 fully saturated rings. The highest BCUT2D eigenvalue weighted by atomic mass is 16.2. The van der Waals surface area contributed by atoms with Gasteiger partial charge in [0, 0.05) is 23.6 Å². The lowest BCUT2D eigenvalue weighted by molar-refractivity contribution is -0.116. The van der Waals surface area contributed by atoms with Crippen LogP contribution in [0, 0.1) is 6.92 Å². The van der Waals surface area contributed by atoms with E-state index in [1.165, 1.54) is 17.2 Å². The lowest BCUT2D eigenvalue weighted by Crippen LogP contribution is -2.27. The minimum absolute atomic E-state index is 0.136. The first-order valence-corrected chi connectivity index (χ1v) is 11.2. The zero-order chi connectivity index (χ0) is 24.9. The number of nitrogens with one attached hydrogen (secondary N) is 3. The molecule has 0 saturated heterocycles. The number of para-hydroxylation sites is 1. The molecular formula is C26H22N8O2. The quantitative estimate of drug-likeness (QED) is 0.320. The molecule has 5 aromatic rings. The van der Waals surface area contributed by atoms with Crippen molar-refractivity contribution in [1.82, 2.24) is 24.5 Å². The molecule has 3 N–H and O–H groups in total. The Labute approximate surface area is 206 Å². The Kier molecular flexibility index (Phi) is 6.31. The molecule has 0 spiro atoms. The van der Waals surface area contributed by atoms with Crippen molar-refractivity contribution in [1.29, 1.82) is 0 Å². The molecule has 3 aromatic heterocycles. The normalized spacial score (nSPS) is 10.7. The molecule has 0 atom stereocenters. The van der Waals surface area contributed by atoms with E-state index in [1.54, 1.807) is 42.6 Å². The van der Waals surface area contributed by atoms with Crippen LogP contribution in [0.4, 0.5) is 28.8 Å². The van der Waals surface area contributed by atoms with Crippen LogP contribution in [0.5, 0.6) is 0 Å². The van der Waals surface area contributed by atoms with Crippen LogP contribution in [0.2, 0.25) is 0 Å². The average Bonchev–Trinajstić information content (AvgIpc) is 2.87. The summed E-state index contributed by atoms with van der Waals surface area (Å²) in [7, 11) is 0. The van der Waals surface area contributed by atoms with E-state index in [9.17, 15) is 9.59 Å². The fourth-order valence-electron chi connectivity index (χ4n) is 3.59. The Bertz CT molecular complexity index is 1600. The van der Waals surface area contributed by atoms with Gasteiger partial charge >= 0.3 is 0 Å². The number of pyridine rings is 1. The first-order chi connectivity index (χ1) is 17.5. The highest BCUT2D eigenvalue weighted by molar-refractivity contribution is 5.91. The van der Waals surface area contributed by atoms with E-state index in [0.717, 1.165) is 11.3 Å². The molecule has 0 aliphatic carbocycles. The number of rotatable bonds is 7. The topological polar surface area (TPSA) is 127 Å². The van der Waals surface area contributed by atoms with Crippen molar-refractivity contribution in [3.05, 3.63) is 101 Å². The van der Waals surface area contributed by atoms with Crippen molar-refractivity contribution in [2.75, 3.05) is 16.0 Å². The SMILES string of the molecule is Cc1ccnc(Nc2cc(Nc3ccc(NC(=O)Cn4cnc5ccccc5c4=O)cc3)ncn2)c1. The monoisotopic (exact) mass is 478 g/mol. The smallest absolute Gasteiger partial charge is 0.261 e. The van der Waals surface area contributed by atoms with E-state index >= 15 is 0 Å². The van der Waals surface area contributed by atoms with Gasteiger partial charge in [-0.15, -0.1) is 0 Å². The number of fused-ring (bicyclic) bond motifs is 1. The largest absolute Gasteiger partial charge is 0.340 e. The molecule has 10 heteroatoms. The van der Waals surface area contributed by atoms with E-state index < -0.39 is 0 Å². The van der Waals surface area contributed by atoms with Gasteiger partial charge in [0.2, 0.25) is 5.91 Å². The summed E-state index contributed by atoms with van der Waals surface area (Å²) in [6.45, 7) is 1.86. The highest BCUT2D eigenvalue weighted by Gasteiger charge is 2.09. The minimum Gasteiger partial charge on any atom is -0.340 e. The van der Waals surface area contributed by atoms with E-state index in [0.29, 0.717) is 34.0 Å². The molecule has 0 aliphatic rings. The molecule has 0 bridgehead atoms. The van der Waals surface area contributed by atoms with Gasteiger partial charge in [0.15, 0.2) is 0 Å². The predicted molar refractivity (Wildman–Crippen MR) is 139 cm³/mol. The van der Waals surface area contributed by atoms with Gasteiger partial charge in [0.25, 0.3) is 5.56 Å². The molecular weight excluding hydrogens is 456 g/mol. The molecule has 10 nitrogen and oxygen atoms in total. The molecule has 0 saturated carbocycles. The third-order valence-corrected chi connectivity index (χ3v) is 5.33. The number of hydrogen-bond donors (Lipinski definition) is 3. The van der Waals surface area contributed by atoms with E-state index in [2.05, 4.69) is 35.9 Å².